The highest BCUT2D eigenvalue weighted by atomic mass is 15.2. The maximum atomic E-state index is 5.76. The number of aromatic nitrogens is 1. The summed E-state index contributed by atoms with van der Waals surface area (Å²) >= 11 is 0. The van der Waals surface area contributed by atoms with Crippen LogP contribution in [0.5, 0.6) is 0 Å². The van der Waals surface area contributed by atoms with Crippen LogP contribution in [0.15, 0.2) is 12.1 Å². The number of rotatable bonds is 4. The summed E-state index contributed by atoms with van der Waals surface area (Å²) < 4.78 is 0. The van der Waals surface area contributed by atoms with E-state index in [1.807, 2.05) is 6.92 Å². The van der Waals surface area contributed by atoms with Crippen molar-refractivity contribution in [2.45, 2.75) is 58.5 Å². The molecule has 1 fully saturated rings. The van der Waals surface area contributed by atoms with Gasteiger partial charge in [0.25, 0.3) is 0 Å². The lowest BCUT2D eigenvalue weighted by Gasteiger charge is -2.35. The van der Waals surface area contributed by atoms with Gasteiger partial charge < -0.3 is 10.6 Å². The molecule has 1 aromatic heterocycles. The molecule has 0 spiro atoms. The molecule has 0 unspecified atom stereocenters. The predicted octanol–water partition coefficient (Wildman–Crippen LogP) is 3.25. The van der Waals surface area contributed by atoms with Crippen LogP contribution in [-0.4, -0.2) is 18.1 Å². The van der Waals surface area contributed by atoms with Gasteiger partial charge in [0, 0.05) is 25.3 Å². The number of pyridine rings is 1. The van der Waals surface area contributed by atoms with Gasteiger partial charge in [-0.15, -0.1) is 0 Å². The van der Waals surface area contributed by atoms with Crippen LogP contribution in [0.1, 0.15) is 50.3 Å². The van der Waals surface area contributed by atoms with Crippen LogP contribution in [0, 0.1) is 12.8 Å². The molecule has 2 N–H and O–H groups in total. The van der Waals surface area contributed by atoms with Crippen LogP contribution in [-0.2, 0) is 6.54 Å². The number of nitrogens with zero attached hydrogens (tertiary/aromatic N) is 2. The van der Waals surface area contributed by atoms with Gasteiger partial charge in [0.2, 0.25) is 0 Å². The Bertz CT molecular complexity index is 408. The molecule has 0 aromatic carbocycles. The number of hydrogen-bond acceptors (Lipinski definition) is 3. The van der Waals surface area contributed by atoms with Gasteiger partial charge in [-0.25, -0.2) is 4.98 Å². The van der Waals surface area contributed by atoms with E-state index in [-0.39, 0.29) is 0 Å². The van der Waals surface area contributed by atoms with Crippen LogP contribution in [0.3, 0.4) is 0 Å². The Hall–Kier alpha value is -1.09. The summed E-state index contributed by atoms with van der Waals surface area (Å²) in [6.07, 6.45) is 6.64. The lowest BCUT2D eigenvalue weighted by atomic mass is 9.84. The Morgan fingerprint density at radius 3 is 2.53 bits per heavy atom. The number of aryl methyl sites for hydroxylation is 1. The quantitative estimate of drug-likeness (QED) is 0.904. The molecule has 1 heterocycles. The van der Waals surface area contributed by atoms with Crippen molar-refractivity contribution >= 4 is 5.82 Å². The van der Waals surface area contributed by atoms with E-state index in [1.165, 1.54) is 37.7 Å². The fourth-order valence-electron chi connectivity index (χ4n) is 3.15. The average molecular weight is 261 g/mol. The van der Waals surface area contributed by atoms with Crippen molar-refractivity contribution in [3.05, 3.63) is 23.4 Å². The second kappa shape index (κ2) is 6.38. The third-order valence-corrected chi connectivity index (χ3v) is 4.54. The first-order valence-corrected chi connectivity index (χ1v) is 7.54. The summed E-state index contributed by atoms with van der Waals surface area (Å²) in [5.41, 5.74) is 8.00. The van der Waals surface area contributed by atoms with Gasteiger partial charge >= 0.3 is 0 Å². The van der Waals surface area contributed by atoms with Crippen LogP contribution >= 0.6 is 0 Å². The minimum atomic E-state index is 0.590. The third kappa shape index (κ3) is 3.47. The summed E-state index contributed by atoms with van der Waals surface area (Å²) in [7, 11) is 2.18. The topological polar surface area (TPSA) is 42.1 Å². The second-order valence-electron chi connectivity index (χ2n) is 5.87. The minimum absolute atomic E-state index is 0.590. The van der Waals surface area contributed by atoms with E-state index in [0.717, 1.165) is 17.4 Å². The van der Waals surface area contributed by atoms with Gasteiger partial charge in [-0.3, -0.25) is 0 Å². The number of anilines is 1. The maximum absolute atomic E-state index is 5.76. The molecule has 1 aromatic rings. The van der Waals surface area contributed by atoms with Crippen LogP contribution in [0.25, 0.3) is 0 Å². The van der Waals surface area contributed by atoms with Gasteiger partial charge in [-0.1, -0.05) is 13.3 Å². The first-order valence-electron chi connectivity index (χ1n) is 7.54. The Morgan fingerprint density at radius 1 is 1.26 bits per heavy atom. The first kappa shape index (κ1) is 14.3. The highest BCUT2D eigenvalue weighted by Gasteiger charge is 2.23. The zero-order valence-electron chi connectivity index (χ0n) is 12.5. The van der Waals surface area contributed by atoms with Crippen LogP contribution < -0.4 is 10.6 Å². The molecule has 3 nitrogen and oxygen atoms in total. The predicted molar refractivity (Wildman–Crippen MR) is 81.3 cm³/mol. The molecule has 1 aliphatic rings. The molecule has 1 saturated carbocycles. The van der Waals surface area contributed by atoms with E-state index in [0.29, 0.717) is 12.6 Å². The maximum Gasteiger partial charge on any atom is 0.129 e. The molecule has 19 heavy (non-hydrogen) atoms. The van der Waals surface area contributed by atoms with Gasteiger partial charge in [-0.05, 0) is 56.2 Å². The zero-order valence-corrected chi connectivity index (χ0v) is 12.5. The molecule has 0 saturated heterocycles. The van der Waals surface area contributed by atoms with Gasteiger partial charge in [0.15, 0.2) is 0 Å². The summed E-state index contributed by atoms with van der Waals surface area (Å²) in [6.45, 7) is 4.95. The van der Waals surface area contributed by atoms with Crippen molar-refractivity contribution in [3.8, 4) is 0 Å². The van der Waals surface area contributed by atoms with Crippen molar-refractivity contribution in [1.29, 1.82) is 0 Å². The Labute approximate surface area is 117 Å². The molecule has 0 bridgehead atoms. The first-order chi connectivity index (χ1) is 9.13. The van der Waals surface area contributed by atoms with Gasteiger partial charge in [0.1, 0.15) is 5.82 Å². The van der Waals surface area contributed by atoms with E-state index in [1.54, 1.807) is 0 Å². The van der Waals surface area contributed by atoms with E-state index in [9.17, 15) is 0 Å². The molecule has 106 valence electrons. The van der Waals surface area contributed by atoms with E-state index >= 15 is 0 Å². The second-order valence-corrected chi connectivity index (χ2v) is 5.87. The van der Waals surface area contributed by atoms with Crippen LogP contribution in [0.4, 0.5) is 5.82 Å². The van der Waals surface area contributed by atoms with Crippen molar-refractivity contribution in [1.82, 2.24) is 4.98 Å². The molecule has 2 rings (SSSR count). The number of nitrogens with two attached hydrogens (primary N) is 1. The monoisotopic (exact) mass is 261 g/mol. The summed E-state index contributed by atoms with van der Waals surface area (Å²) in [6, 6.07) is 4.85. The molecular formula is C16H27N3. The Kier molecular flexibility index (Phi) is 4.81. The summed E-state index contributed by atoms with van der Waals surface area (Å²) in [4.78, 5) is 7.03. The van der Waals surface area contributed by atoms with E-state index in [2.05, 4.69) is 36.0 Å². The highest BCUT2D eigenvalue weighted by Crippen LogP contribution is 2.30. The molecule has 1 aliphatic carbocycles. The molecule has 0 radical (unpaired) electrons. The average Bonchev–Trinajstić information content (AvgIpc) is 2.46. The smallest absolute Gasteiger partial charge is 0.129 e. The number of hydrogen-bond donors (Lipinski definition) is 1. The zero-order chi connectivity index (χ0) is 13.8. The molecule has 0 aliphatic heterocycles. The molecule has 0 atom stereocenters. The normalized spacial score (nSPS) is 23.4. The van der Waals surface area contributed by atoms with Crippen LogP contribution in [0.2, 0.25) is 0 Å². The summed E-state index contributed by atoms with van der Waals surface area (Å²) in [5.74, 6) is 2.02. The van der Waals surface area contributed by atoms with Crippen molar-refractivity contribution < 1.29 is 0 Å². The van der Waals surface area contributed by atoms with E-state index in [4.69, 9.17) is 5.73 Å². The van der Waals surface area contributed by atoms with Crippen molar-refractivity contribution in [3.63, 3.8) is 0 Å². The standard InChI is InChI=1S/C16H27N3/c1-4-13-5-7-15(8-6-13)19(3)16-10-14(11-17)9-12(2)18-16/h9-10,13,15H,4-8,11,17H2,1-3H3. The van der Waals surface area contributed by atoms with Gasteiger partial charge in [-0.2, -0.15) is 0 Å². The fraction of sp³-hybridized carbons (Fsp3) is 0.688. The van der Waals surface area contributed by atoms with Crippen molar-refractivity contribution in [2.75, 3.05) is 11.9 Å². The van der Waals surface area contributed by atoms with Gasteiger partial charge in [0.05, 0.1) is 0 Å². The lowest BCUT2D eigenvalue weighted by Crippen LogP contribution is -2.35. The molecular weight excluding hydrogens is 234 g/mol. The molecule has 0 amide bonds. The Balaban J connectivity index is 2.07. The lowest BCUT2D eigenvalue weighted by molar-refractivity contribution is 0.313. The van der Waals surface area contributed by atoms with E-state index < -0.39 is 0 Å². The minimum Gasteiger partial charge on any atom is -0.357 e. The largest absolute Gasteiger partial charge is 0.357 e. The fourth-order valence-corrected chi connectivity index (χ4v) is 3.15. The SMILES string of the molecule is CCC1CCC(N(C)c2cc(CN)cc(C)n2)CC1. The summed E-state index contributed by atoms with van der Waals surface area (Å²) in [5, 5.41) is 0. The Morgan fingerprint density at radius 2 is 1.95 bits per heavy atom. The highest BCUT2D eigenvalue weighted by molar-refractivity contribution is 5.43. The molecule has 3 heteroatoms. The third-order valence-electron chi connectivity index (χ3n) is 4.54. The van der Waals surface area contributed by atoms with Crippen molar-refractivity contribution in [2.24, 2.45) is 11.7 Å².